The van der Waals surface area contributed by atoms with Crippen LogP contribution < -0.4 is 15.9 Å². The summed E-state index contributed by atoms with van der Waals surface area (Å²) in [4.78, 5) is 0. The monoisotopic (exact) mass is 616 g/mol. The predicted octanol–water partition coefficient (Wildman–Crippen LogP) is 8.85. The lowest BCUT2D eigenvalue weighted by molar-refractivity contribution is -0.144. The Morgan fingerprint density at radius 3 is 0.825 bits per heavy atom. The summed E-state index contributed by atoms with van der Waals surface area (Å²) in [6.45, 7) is 1.05. The van der Waals surface area contributed by atoms with Gasteiger partial charge in [-0.1, -0.05) is 6.07 Å². The zero-order valence-electron chi connectivity index (χ0n) is 19.3. The maximum absolute atomic E-state index is 13.5. The molecule has 3 aromatic carbocycles. The van der Waals surface area contributed by atoms with Gasteiger partial charge in [-0.05, 0) is 84.9 Å². The van der Waals surface area contributed by atoms with E-state index in [0.29, 0.717) is 6.07 Å². The van der Waals surface area contributed by atoms with Crippen LogP contribution in [0.15, 0.2) is 54.6 Å². The first kappa shape index (κ1) is 31.6. The molecule has 0 aromatic heterocycles. The van der Waals surface area contributed by atoms with Crippen molar-refractivity contribution in [3.8, 4) is 0 Å². The van der Waals surface area contributed by atoms with Crippen LogP contribution in [0.1, 0.15) is 33.4 Å². The molecule has 0 heterocycles. The van der Waals surface area contributed by atoms with E-state index in [4.69, 9.17) is 0 Å². The van der Waals surface area contributed by atoms with Crippen molar-refractivity contribution in [2.24, 2.45) is 0 Å². The van der Waals surface area contributed by atoms with Gasteiger partial charge < -0.3 is 0 Å². The molecule has 0 bridgehead atoms. The van der Waals surface area contributed by atoms with Gasteiger partial charge in [-0.25, -0.2) is 0 Å². The van der Waals surface area contributed by atoms with Gasteiger partial charge in [0.15, 0.2) is 0 Å². The second-order valence-corrected chi connectivity index (χ2v) is 10.6. The molecule has 0 saturated heterocycles. The largest absolute Gasteiger partial charge is 0.416 e. The van der Waals surface area contributed by atoms with Crippen LogP contribution in [-0.4, -0.2) is 0 Å². The molecule has 218 valence electrons. The van der Waals surface area contributed by atoms with Gasteiger partial charge in [0, 0.05) is 0 Å². The van der Waals surface area contributed by atoms with Crippen LogP contribution in [0.2, 0.25) is 0 Å². The summed E-state index contributed by atoms with van der Waals surface area (Å²) in [7, 11) is -3.28. The van der Waals surface area contributed by atoms with E-state index in [1.807, 2.05) is 0 Å². The highest BCUT2D eigenvalue weighted by molar-refractivity contribution is 7.79. The Morgan fingerprint density at radius 1 is 0.350 bits per heavy atom. The SMILES string of the molecule is Cc1cc(P(c2cc(C(F)(F)F)cc(C(F)(F)F)c2)c2cc(C(F)(F)F)cc(C(F)(F)F)c2)cc(C(F)(F)F)c1. The molecular weight excluding hydrogens is 604 g/mol. The molecule has 0 nitrogen and oxygen atoms in total. The highest BCUT2D eigenvalue weighted by atomic mass is 31.1. The van der Waals surface area contributed by atoms with E-state index in [1.54, 1.807) is 0 Å². The molecule has 3 aromatic rings. The number of benzene rings is 3. The Kier molecular flexibility index (Phi) is 8.01. The van der Waals surface area contributed by atoms with E-state index < -0.39 is 82.5 Å². The van der Waals surface area contributed by atoms with Crippen LogP contribution in [0.4, 0.5) is 65.9 Å². The van der Waals surface area contributed by atoms with E-state index >= 15 is 0 Å². The lowest BCUT2D eigenvalue weighted by Crippen LogP contribution is -2.27. The minimum absolute atomic E-state index is 0.0596. The van der Waals surface area contributed by atoms with Crippen molar-refractivity contribution in [3.63, 3.8) is 0 Å². The van der Waals surface area contributed by atoms with Crippen molar-refractivity contribution in [3.05, 3.63) is 88.0 Å². The third kappa shape index (κ3) is 7.21. The first-order valence-corrected chi connectivity index (χ1v) is 11.8. The van der Waals surface area contributed by atoms with Crippen LogP contribution in [0.25, 0.3) is 0 Å². The molecule has 0 saturated carbocycles. The van der Waals surface area contributed by atoms with Gasteiger partial charge in [-0.3, -0.25) is 0 Å². The highest BCUT2D eigenvalue weighted by Gasteiger charge is 2.41. The molecule has 0 aliphatic carbocycles. The van der Waals surface area contributed by atoms with Crippen LogP contribution in [0.5, 0.6) is 0 Å². The van der Waals surface area contributed by atoms with E-state index in [-0.39, 0.29) is 48.0 Å². The third-order valence-corrected chi connectivity index (χ3v) is 7.63. The Hall–Kier alpha value is -2.96. The molecule has 3 rings (SSSR count). The normalized spacial score (nSPS) is 13.7. The van der Waals surface area contributed by atoms with Crippen molar-refractivity contribution < 1.29 is 65.9 Å². The fraction of sp³-hybridized carbons (Fsp3) is 0.250. The molecule has 0 aliphatic rings. The molecule has 0 atom stereocenters. The molecule has 0 unspecified atom stereocenters. The van der Waals surface area contributed by atoms with Gasteiger partial charge in [0.05, 0.1) is 27.8 Å². The minimum atomic E-state index is -5.47. The molecule has 0 spiro atoms. The number of hydrogen-bond acceptors (Lipinski definition) is 0. The predicted molar refractivity (Wildman–Crippen MR) is 115 cm³/mol. The molecule has 0 amide bonds. The number of aryl methyl sites for hydroxylation is 1. The molecule has 0 N–H and O–H groups in total. The van der Waals surface area contributed by atoms with Gasteiger partial charge in [0.1, 0.15) is 0 Å². The van der Waals surface area contributed by atoms with Gasteiger partial charge in [0.25, 0.3) is 0 Å². The summed E-state index contributed by atoms with van der Waals surface area (Å²) in [6, 6.07) is 1.21. The van der Waals surface area contributed by atoms with Crippen molar-refractivity contribution in [2.45, 2.75) is 37.8 Å². The van der Waals surface area contributed by atoms with Gasteiger partial charge in [0.2, 0.25) is 0 Å². The van der Waals surface area contributed by atoms with E-state index in [1.165, 1.54) is 0 Å². The first-order chi connectivity index (χ1) is 17.9. The summed E-state index contributed by atoms with van der Waals surface area (Å²) < 4.78 is 203. The minimum Gasteiger partial charge on any atom is -0.166 e. The van der Waals surface area contributed by atoms with Crippen molar-refractivity contribution >= 4 is 23.8 Å². The molecular formula is C24H12F15P. The molecule has 0 radical (unpaired) electrons. The van der Waals surface area contributed by atoms with Crippen molar-refractivity contribution in [1.29, 1.82) is 0 Å². The van der Waals surface area contributed by atoms with E-state index in [2.05, 4.69) is 0 Å². The number of hydrogen-bond donors (Lipinski definition) is 0. The van der Waals surface area contributed by atoms with Crippen LogP contribution in [-0.2, 0) is 30.9 Å². The Labute approximate surface area is 216 Å². The quantitative estimate of drug-likeness (QED) is 0.204. The zero-order chi connectivity index (χ0) is 30.6. The fourth-order valence-corrected chi connectivity index (χ4v) is 6.21. The summed E-state index contributed by atoms with van der Waals surface area (Å²) >= 11 is 0. The average Bonchev–Trinajstić information content (AvgIpc) is 2.75. The van der Waals surface area contributed by atoms with E-state index in [9.17, 15) is 65.9 Å². The number of rotatable bonds is 3. The second-order valence-electron chi connectivity index (χ2n) is 8.42. The summed E-state index contributed by atoms with van der Waals surface area (Å²) in [5.74, 6) is 0. The summed E-state index contributed by atoms with van der Waals surface area (Å²) in [5.41, 5.74) is -9.58. The lowest BCUT2D eigenvalue weighted by Gasteiger charge is -2.25. The Morgan fingerprint density at radius 2 is 0.575 bits per heavy atom. The first-order valence-electron chi connectivity index (χ1n) is 10.5. The van der Waals surface area contributed by atoms with Crippen LogP contribution in [0.3, 0.4) is 0 Å². The molecule has 0 fully saturated rings. The van der Waals surface area contributed by atoms with Gasteiger partial charge in [-0.15, -0.1) is 0 Å². The molecule has 0 aliphatic heterocycles. The topological polar surface area (TPSA) is 0 Å². The Balaban J connectivity index is 2.52. The Bertz CT molecular complexity index is 1250. The molecule has 40 heavy (non-hydrogen) atoms. The fourth-order valence-electron chi connectivity index (χ4n) is 3.64. The second kappa shape index (κ2) is 10.1. The average molecular weight is 616 g/mol. The smallest absolute Gasteiger partial charge is 0.166 e. The van der Waals surface area contributed by atoms with Gasteiger partial charge in [-0.2, -0.15) is 65.9 Å². The zero-order valence-corrected chi connectivity index (χ0v) is 20.2. The lowest BCUT2D eigenvalue weighted by atomic mass is 10.1. The van der Waals surface area contributed by atoms with Gasteiger partial charge >= 0.3 is 30.9 Å². The third-order valence-electron chi connectivity index (χ3n) is 5.31. The van der Waals surface area contributed by atoms with Crippen LogP contribution >= 0.6 is 7.92 Å². The van der Waals surface area contributed by atoms with Crippen molar-refractivity contribution in [2.75, 3.05) is 0 Å². The number of halogens is 15. The number of alkyl halides is 15. The van der Waals surface area contributed by atoms with Crippen molar-refractivity contribution in [1.82, 2.24) is 0 Å². The summed E-state index contributed by atoms with van der Waals surface area (Å²) in [6.07, 6.45) is -27.0. The summed E-state index contributed by atoms with van der Waals surface area (Å²) in [5, 5.41) is -2.89. The standard InChI is InChI=1S/C24H12F15P/c1-11-2-12(20(25,26)27)6-17(3-11)40(18-7-13(21(28,29)30)4-14(8-18)22(31,32)33)19-9-15(23(34,35)36)5-16(10-19)24(37,38)39/h2-10H,1H3. The maximum atomic E-state index is 13.5. The van der Waals surface area contributed by atoms with Crippen LogP contribution in [0, 0.1) is 6.92 Å². The van der Waals surface area contributed by atoms with E-state index in [0.717, 1.165) is 13.0 Å². The molecule has 16 heteroatoms. The maximum Gasteiger partial charge on any atom is 0.416 e. The highest BCUT2D eigenvalue weighted by Crippen LogP contribution is 2.44.